The SMILES string of the molecule is COC(=O)/C=C(/Nc1ccccc1-c1ccc(F)c(F)c1)C(=O)OC. The van der Waals surface area contributed by atoms with Crippen molar-refractivity contribution in [3.8, 4) is 11.1 Å². The van der Waals surface area contributed by atoms with Gasteiger partial charge >= 0.3 is 11.9 Å². The topological polar surface area (TPSA) is 64.6 Å². The molecule has 2 aromatic carbocycles. The maximum absolute atomic E-state index is 13.5. The summed E-state index contributed by atoms with van der Waals surface area (Å²) in [7, 11) is 2.33. The van der Waals surface area contributed by atoms with Crippen LogP contribution in [0.2, 0.25) is 0 Å². The Balaban J connectivity index is 2.45. The lowest BCUT2D eigenvalue weighted by atomic mass is 10.0. The standard InChI is InChI=1S/C18H15F2NO4/c1-24-17(22)10-16(18(23)25-2)21-15-6-4-3-5-12(15)11-7-8-13(19)14(20)9-11/h3-10,21H,1-2H3/b16-10+. The number of para-hydroxylation sites is 1. The van der Waals surface area contributed by atoms with Crippen molar-refractivity contribution in [3.63, 3.8) is 0 Å². The summed E-state index contributed by atoms with van der Waals surface area (Å²) in [5.41, 5.74) is 1.13. The van der Waals surface area contributed by atoms with E-state index in [1.807, 2.05) is 0 Å². The number of esters is 2. The molecule has 0 saturated carbocycles. The molecule has 7 heteroatoms. The fourth-order valence-corrected chi connectivity index (χ4v) is 2.09. The number of benzene rings is 2. The molecule has 5 nitrogen and oxygen atoms in total. The van der Waals surface area contributed by atoms with Crippen molar-refractivity contribution >= 4 is 17.6 Å². The highest BCUT2D eigenvalue weighted by Gasteiger charge is 2.15. The molecular weight excluding hydrogens is 332 g/mol. The number of carbonyl (C=O) groups excluding carboxylic acids is 2. The van der Waals surface area contributed by atoms with Crippen LogP contribution in [0.15, 0.2) is 54.2 Å². The van der Waals surface area contributed by atoms with Gasteiger partial charge in [-0.05, 0) is 23.8 Å². The van der Waals surface area contributed by atoms with Crippen LogP contribution in [0.4, 0.5) is 14.5 Å². The number of hydrogen-bond acceptors (Lipinski definition) is 5. The second-order valence-corrected chi connectivity index (χ2v) is 4.87. The van der Waals surface area contributed by atoms with Gasteiger partial charge in [0.15, 0.2) is 11.6 Å². The van der Waals surface area contributed by atoms with Gasteiger partial charge in [0.05, 0.1) is 20.3 Å². The number of anilines is 1. The molecule has 0 fully saturated rings. The lowest BCUT2D eigenvalue weighted by Crippen LogP contribution is -2.15. The molecule has 25 heavy (non-hydrogen) atoms. The minimum absolute atomic E-state index is 0.163. The number of nitrogens with one attached hydrogen (secondary N) is 1. The van der Waals surface area contributed by atoms with Gasteiger partial charge in [-0.15, -0.1) is 0 Å². The molecule has 0 aliphatic carbocycles. The summed E-state index contributed by atoms with van der Waals surface area (Å²) < 4.78 is 35.8. The number of hydrogen-bond donors (Lipinski definition) is 1. The first kappa shape index (κ1) is 18.1. The summed E-state index contributed by atoms with van der Waals surface area (Å²) in [5.74, 6) is -3.50. The fraction of sp³-hybridized carbons (Fsp3) is 0.111. The van der Waals surface area contributed by atoms with E-state index in [4.69, 9.17) is 0 Å². The molecule has 1 N–H and O–H groups in total. The van der Waals surface area contributed by atoms with Crippen LogP contribution in [-0.2, 0) is 19.1 Å². The van der Waals surface area contributed by atoms with Gasteiger partial charge in [-0.2, -0.15) is 0 Å². The van der Waals surface area contributed by atoms with Gasteiger partial charge in [0.1, 0.15) is 5.70 Å². The Labute approximate surface area is 142 Å². The number of ether oxygens (including phenoxy) is 2. The molecule has 2 aromatic rings. The normalized spacial score (nSPS) is 11.0. The quantitative estimate of drug-likeness (QED) is 0.664. The summed E-state index contributed by atoms with van der Waals surface area (Å²) >= 11 is 0. The Hall–Kier alpha value is -3.22. The molecule has 0 bridgehead atoms. The molecule has 0 saturated heterocycles. The van der Waals surface area contributed by atoms with Crippen molar-refractivity contribution in [3.05, 3.63) is 65.9 Å². The van der Waals surface area contributed by atoms with E-state index in [0.29, 0.717) is 16.8 Å². The molecule has 0 aliphatic heterocycles. The van der Waals surface area contributed by atoms with E-state index in [1.165, 1.54) is 13.2 Å². The largest absolute Gasteiger partial charge is 0.466 e. The van der Waals surface area contributed by atoms with Gasteiger partial charge in [0.25, 0.3) is 0 Å². The number of rotatable bonds is 5. The van der Waals surface area contributed by atoms with Gasteiger partial charge < -0.3 is 14.8 Å². The number of methoxy groups -OCH3 is 2. The molecule has 2 rings (SSSR count). The van der Waals surface area contributed by atoms with Crippen LogP contribution >= 0.6 is 0 Å². The number of halogens is 2. The Kier molecular flexibility index (Phi) is 5.84. The third-order valence-corrected chi connectivity index (χ3v) is 3.30. The zero-order valence-electron chi connectivity index (χ0n) is 13.5. The van der Waals surface area contributed by atoms with Crippen molar-refractivity contribution in [2.24, 2.45) is 0 Å². The lowest BCUT2D eigenvalue weighted by Gasteiger charge is -2.14. The minimum atomic E-state index is -0.995. The maximum atomic E-state index is 13.5. The van der Waals surface area contributed by atoms with Gasteiger partial charge in [0.2, 0.25) is 0 Å². The highest BCUT2D eigenvalue weighted by molar-refractivity contribution is 5.99. The van der Waals surface area contributed by atoms with Crippen molar-refractivity contribution < 1.29 is 27.8 Å². The smallest absolute Gasteiger partial charge is 0.354 e. The van der Waals surface area contributed by atoms with Gasteiger partial charge in [0, 0.05) is 11.3 Å². The first-order valence-corrected chi connectivity index (χ1v) is 7.15. The molecule has 0 aliphatic rings. The first-order valence-electron chi connectivity index (χ1n) is 7.15. The maximum Gasteiger partial charge on any atom is 0.354 e. The Morgan fingerprint density at radius 2 is 1.72 bits per heavy atom. The van der Waals surface area contributed by atoms with E-state index in [2.05, 4.69) is 14.8 Å². The molecule has 0 amide bonds. The van der Waals surface area contributed by atoms with E-state index in [9.17, 15) is 18.4 Å². The zero-order valence-corrected chi connectivity index (χ0v) is 13.5. The summed E-state index contributed by atoms with van der Waals surface area (Å²) in [5, 5.41) is 2.77. The molecule has 130 valence electrons. The summed E-state index contributed by atoms with van der Waals surface area (Å²) in [6.45, 7) is 0. The van der Waals surface area contributed by atoms with E-state index in [1.54, 1.807) is 24.3 Å². The van der Waals surface area contributed by atoms with Crippen molar-refractivity contribution in [1.82, 2.24) is 0 Å². The van der Waals surface area contributed by atoms with Gasteiger partial charge in [-0.1, -0.05) is 24.3 Å². The predicted octanol–water partition coefficient (Wildman–Crippen LogP) is 3.27. The second-order valence-electron chi connectivity index (χ2n) is 4.87. The zero-order chi connectivity index (χ0) is 18.4. The predicted molar refractivity (Wildman–Crippen MR) is 87.5 cm³/mol. The van der Waals surface area contributed by atoms with Crippen LogP contribution in [0.3, 0.4) is 0 Å². The average molecular weight is 347 g/mol. The van der Waals surface area contributed by atoms with Crippen LogP contribution < -0.4 is 5.32 Å². The second kappa shape index (κ2) is 8.05. The highest BCUT2D eigenvalue weighted by atomic mass is 19.2. The Morgan fingerprint density at radius 1 is 1.00 bits per heavy atom. The number of carbonyl (C=O) groups is 2. The van der Waals surface area contributed by atoms with Crippen molar-refractivity contribution in [2.45, 2.75) is 0 Å². The van der Waals surface area contributed by atoms with Crippen LogP contribution in [0.5, 0.6) is 0 Å². The van der Waals surface area contributed by atoms with E-state index in [-0.39, 0.29) is 5.70 Å². The summed E-state index contributed by atoms with van der Waals surface area (Å²) in [6, 6.07) is 10.1. The van der Waals surface area contributed by atoms with Crippen LogP contribution in [0.1, 0.15) is 0 Å². The molecule has 0 aromatic heterocycles. The van der Waals surface area contributed by atoms with E-state index < -0.39 is 23.6 Å². The Morgan fingerprint density at radius 3 is 2.36 bits per heavy atom. The summed E-state index contributed by atoms with van der Waals surface area (Å²) in [6.07, 6.45) is 0.938. The Bertz CT molecular complexity index is 834. The van der Waals surface area contributed by atoms with Crippen molar-refractivity contribution in [2.75, 3.05) is 19.5 Å². The van der Waals surface area contributed by atoms with E-state index in [0.717, 1.165) is 25.3 Å². The molecule has 0 radical (unpaired) electrons. The third-order valence-electron chi connectivity index (χ3n) is 3.30. The van der Waals surface area contributed by atoms with Crippen molar-refractivity contribution in [1.29, 1.82) is 0 Å². The fourth-order valence-electron chi connectivity index (χ4n) is 2.09. The van der Waals surface area contributed by atoms with Crippen LogP contribution in [-0.4, -0.2) is 26.2 Å². The average Bonchev–Trinajstić information content (AvgIpc) is 2.63. The molecule has 0 atom stereocenters. The molecular formula is C18H15F2NO4. The molecule has 0 unspecified atom stereocenters. The minimum Gasteiger partial charge on any atom is -0.466 e. The third kappa shape index (κ3) is 4.41. The molecule has 0 spiro atoms. The molecule has 0 heterocycles. The first-order chi connectivity index (χ1) is 12.0. The lowest BCUT2D eigenvalue weighted by molar-refractivity contribution is -0.138. The van der Waals surface area contributed by atoms with E-state index >= 15 is 0 Å². The summed E-state index contributed by atoms with van der Waals surface area (Å²) in [4.78, 5) is 23.3. The van der Waals surface area contributed by atoms with Gasteiger partial charge in [-0.3, -0.25) is 0 Å². The van der Waals surface area contributed by atoms with Gasteiger partial charge in [-0.25, -0.2) is 18.4 Å². The highest BCUT2D eigenvalue weighted by Crippen LogP contribution is 2.30. The van der Waals surface area contributed by atoms with Crippen LogP contribution in [0, 0.1) is 11.6 Å². The monoisotopic (exact) mass is 347 g/mol. The van der Waals surface area contributed by atoms with Crippen LogP contribution in [0.25, 0.3) is 11.1 Å².